The fourth-order valence-corrected chi connectivity index (χ4v) is 3.92. The summed E-state index contributed by atoms with van der Waals surface area (Å²) in [4.78, 5) is 13.9. The summed E-state index contributed by atoms with van der Waals surface area (Å²) in [5.41, 5.74) is 0. The fraction of sp³-hybridized carbons (Fsp3) is 0.600. The molecule has 3 nitrogen and oxygen atoms in total. The molecule has 1 aliphatic rings. The van der Waals surface area contributed by atoms with Gasteiger partial charge >= 0.3 is 0 Å². The van der Waals surface area contributed by atoms with Crippen LogP contribution in [-0.2, 0) is 6.42 Å². The quantitative estimate of drug-likeness (QED) is 0.847. The standard InChI is InChI=1S/C15H21N3S/c1-3-12-9-13-14(16-10-17-15(13)19-12)18(2)11-7-5-4-6-8-11/h9-11H,3-8H2,1-2H3. The molecule has 3 rings (SSSR count). The van der Waals surface area contributed by atoms with Crippen molar-refractivity contribution >= 4 is 27.4 Å². The lowest BCUT2D eigenvalue weighted by Crippen LogP contribution is -2.34. The molecule has 0 spiro atoms. The summed E-state index contributed by atoms with van der Waals surface area (Å²) in [7, 11) is 2.20. The van der Waals surface area contributed by atoms with Crippen molar-refractivity contribution in [1.82, 2.24) is 9.97 Å². The monoisotopic (exact) mass is 275 g/mol. The Morgan fingerprint density at radius 2 is 2.05 bits per heavy atom. The van der Waals surface area contributed by atoms with Crippen LogP contribution in [0.1, 0.15) is 43.9 Å². The summed E-state index contributed by atoms with van der Waals surface area (Å²) in [6.45, 7) is 2.20. The largest absolute Gasteiger partial charge is 0.356 e. The van der Waals surface area contributed by atoms with Gasteiger partial charge in [0.15, 0.2) is 0 Å². The van der Waals surface area contributed by atoms with Gasteiger partial charge in [0.2, 0.25) is 0 Å². The minimum absolute atomic E-state index is 0.650. The fourth-order valence-electron chi connectivity index (χ4n) is 2.99. The minimum Gasteiger partial charge on any atom is -0.356 e. The molecule has 0 bridgehead atoms. The first-order chi connectivity index (χ1) is 9.29. The third-order valence-corrected chi connectivity index (χ3v) is 5.35. The Morgan fingerprint density at radius 3 is 2.79 bits per heavy atom. The molecule has 2 heterocycles. The third kappa shape index (κ3) is 2.46. The first kappa shape index (κ1) is 12.9. The molecule has 0 N–H and O–H groups in total. The molecule has 0 radical (unpaired) electrons. The molecule has 0 aromatic carbocycles. The van der Waals surface area contributed by atoms with E-state index < -0.39 is 0 Å². The van der Waals surface area contributed by atoms with Crippen molar-refractivity contribution in [2.24, 2.45) is 0 Å². The van der Waals surface area contributed by atoms with E-state index in [9.17, 15) is 0 Å². The van der Waals surface area contributed by atoms with Crippen LogP contribution in [-0.4, -0.2) is 23.1 Å². The van der Waals surface area contributed by atoms with E-state index in [-0.39, 0.29) is 0 Å². The summed E-state index contributed by atoms with van der Waals surface area (Å²) in [5, 5.41) is 1.23. The van der Waals surface area contributed by atoms with Gasteiger partial charge in [-0.3, -0.25) is 0 Å². The van der Waals surface area contributed by atoms with Crippen LogP contribution in [0.2, 0.25) is 0 Å². The van der Waals surface area contributed by atoms with Gasteiger partial charge in [-0.15, -0.1) is 11.3 Å². The van der Waals surface area contributed by atoms with Crippen molar-refractivity contribution in [3.05, 3.63) is 17.3 Å². The third-order valence-electron chi connectivity index (χ3n) is 4.16. The van der Waals surface area contributed by atoms with Crippen molar-refractivity contribution in [1.29, 1.82) is 0 Å². The van der Waals surface area contributed by atoms with Gasteiger partial charge in [0.25, 0.3) is 0 Å². The predicted octanol–water partition coefficient (Wildman–Crippen LogP) is 4.02. The topological polar surface area (TPSA) is 29.0 Å². The highest BCUT2D eigenvalue weighted by Gasteiger charge is 2.21. The van der Waals surface area contributed by atoms with Crippen molar-refractivity contribution in [2.45, 2.75) is 51.5 Å². The number of hydrogen-bond donors (Lipinski definition) is 0. The number of aromatic nitrogens is 2. The second-order valence-corrected chi connectivity index (χ2v) is 6.50. The number of thiophene rings is 1. The van der Waals surface area contributed by atoms with Gasteiger partial charge in [-0.25, -0.2) is 9.97 Å². The van der Waals surface area contributed by atoms with Crippen molar-refractivity contribution in [3.63, 3.8) is 0 Å². The van der Waals surface area contributed by atoms with E-state index in [4.69, 9.17) is 0 Å². The Kier molecular flexibility index (Phi) is 3.69. The van der Waals surface area contributed by atoms with Crippen molar-refractivity contribution in [3.8, 4) is 0 Å². The van der Waals surface area contributed by atoms with Crippen LogP contribution in [0.3, 0.4) is 0 Å². The molecule has 102 valence electrons. The molecule has 2 aromatic rings. The summed E-state index contributed by atoms with van der Waals surface area (Å²) >= 11 is 1.80. The molecule has 2 aromatic heterocycles. The van der Waals surface area contributed by atoms with E-state index in [0.29, 0.717) is 6.04 Å². The minimum atomic E-state index is 0.650. The van der Waals surface area contributed by atoms with Crippen LogP contribution in [0.15, 0.2) is 12.4 Å². The molecule has 0 aliphatic heterocycles. The number of aryl methyl sites for hydroxylation is 1. The molecular formula is C15H21N3S. The zero-order valence-electron chi connectivity index (χ0n) is 11.7. The van der Waals surface area contributed by atoms with Crippen LogP contribution in [0.25, 0.3) is 10.2 Å². The maximum atomic E-state index is 4.55. The Balaban J connectivity index is 1.96. The van der Waals surface area contributed by atoms with Gasteiger partial charge in [-0.1, -0.05) is 26.2 Å². The molecule has 1 saturated carbocycles. The van der Waals surface area contributed by atoms with E-state index in [1.165, 1.54) is 42.4 Å². The van der Waals surface area contributed by atoms with Crippen LogP contribution in [0, 0.1) is 0 Å². The van der Waals surface area contributed by atoms with E-state index in [0.717, 1.165) is 17.1 Å². The summed E-state index contributed by atoms with van der Waals surface area (Å²) < 4.78 is 0. The highest BCUT2D eigenvalue weighted by atomic mass is 32.1. The Bertz CT molecular complexity index is 558. The molecule has 4 heteroatoms. The maximum Gasteiger partial charge on any atom is 0.140 e. The van der Waals surface area contributed by atoms with Crippen molar-refractivity contribution in [2.75, 3.05) is 11.9 Å². The van der Waals surface area contributed by atoms with Gasteiger partial charge in [0.1, 0.15) is 17.0 Å². The summed E-state index contributed by atoms with van der Waals surface area (Å²) in [6.07, 6.45) is 9.49. The number of fused-ring (bicyclic) bond motifs is 1. The van der Waals surface area contributed by atoms with Crippen LogP contribution >= 0.6 is 11.3 Å². The number of anilines is 1. The average molecular weight is 275 g/mol. The Morgan fingerprint density at radius 1 is 1.26 bits per heavy atom. The Labute approximate surface area is 118 Å². The molecule has 1 aliphatic carbocycles. The number of hydrogen-bond acceptors (Lipinski definition) is 4. The van der Waals surface area contributed by atoms with Crippen LogP contribution < -0.4 is 4.90 Å². The lowest BCUT2D eigenvalue weighted by atomic mass is 9.94. The lowest BCUT2D eigenvalue weighted by Gasteiger charge is -2.32. The molecule has 0 unspecified atom stereocenters. The maximum absolute atomic E-state index is 4.55. The highest BCUT2D eigenvalue weighted by Crippen LogP contribution is 2.33. The molecule has 1 fully saturated rings. The molecule has 0 atom stereocenters. The van der Waals surface area contributed by atoms with Crippen LogP contribution in [0.4, 0.5) is 5.82 Å². The zero-order valence-corrected chi connectivity index (χ0v) is 12.5. The molecule has 0 saturated heterocycles. The SMILES string of the molecule is CCc1cc2c(N(C)C3CCCCC3)ncnc2s1. The first-order valence-electron chi connectivity index (χ1n) is 7.26. The van der Waals surface area contributed by atoms with Crippen LogP contribution in [0.5, 0.6) is 0 Å². The van der Waals surface area contributed by atoms with Gasteiger partial charge in [0.05, 0.1) is 5.39 Å². The predicted molar refractivity (Wildman–Crippen MR) is 82.1 cm³/mol. The highest BCUT2D eigenvalue weighted by molar-refractivity contribution is 7.18. The Hall–Kier alpha value is -1.16. The smallest absolute Gasteiger partial charge is 0.140 e. The van der Waals surface area contributed by atoms with Gasteiger partial charge in [-0.2, -0.15) is 0 Å². The van der Waals surface area contributed by atoms with E-state index in [1.54, 1.807) is 17.7 Å². The molecule has 19 heavy (non-hydrogen) atoms. The number of nitrogens with zero attached hydrogens (tertiary/aromatic N) is 3. The molecule has 0 amide bonds. The first-order valence-corrected chi connectivity index (χ1v) is 8.07. The molecular weight excluding hydrogens is 254 g/mol. The van der Waals surface area contributed by atoms with E-state index in [2.05, 4.69) is 34.9 Å². The second kappa shape index (κ2) is 5.45. The summed E-state index contributed by atoms with van der Waals surface area (Å²) in [5.74, 6) is 1.12. The van der Waals surface area contributed by atoms with Gasteiger partial charge < -0.3 is 4.90 Å². The van der Waals surface area contributed by atoms with E-state index in [1.807, 2.05) is 0 Å². The normalized spacial score (nSPS) is 16.9. The average Bonchev–Trinajstić information content (AvgIpc) is 2.90. The lowest BCUT2D eigenvalue weighted by molar-refractivity contribution is 0.426. The number of rotatable bonds is 3. The second-order valence-electron chi connectivity index (χ2n) is 5.39. The van der Waals surface area contributed by atoms with E-state index >= 15 is 0 Å². The zero-order chi connectivity index (χ0) is 13.2. The summed E-state index contributed by atoms with van der Waals surface area (Å²) in [6, 6.07) is 2.92. The van der Waals surface area contributed by atoms with Gasteiger partial charge in [0, 0.05) is 18.0 Å². The van der Waals surface area contributed by atoms with Crippen molar-refractivity contribution < 1.29 is 0 Å². The van der Waals surface area contributed by atoms with Gasteiger partial charge in [-0.05, 0) is 25.3 Å².